The van der Waals surface area contributed by atoms with E-state index in [1.165, 1.54) is 6.08 Å². The summed E-state index contributed by atoms with van der Waals surface area (Å²) in [5.74, 6) is -0.362. The molecule has 0 fully saturated rings. The van der Waals surface area contributed by atoms with Gasteiger partial charge in [-0.3, -0.25) is 0 Å². The molecule has 0 aliphatic heterocycles. The first kappa shape index (κ1) is 11.6. The first-order chi connectivity index (χ1) is 6.24. The molecule has 0 bridgehead atoms. The lowest BCUT2D eigenvalue weighted by Crippen LogP contribution is -2.14. The lowest BCUT2D eigenvalue weighted by atomic mass is 10.1. The summed E-state index contributed by atoms with van der Waals surface area (Å²) in [5, 5.41) is 0. The number of isocyanates is 1. The van der Waals surface area contributed by atoms with Crippen molar-refractivity contribution in [2.75, 3.05) is 13.2 Å². The third kappa shape index (κ3) is 5.82. The first-order valence-electron chi connectivity index (χ1n) is 4.07. The molecule has 0 aromatic carbocycles. The Morgan fingerprint density at radius 3 is 2.92 bits per heavy atom. The summed E-state index contributed by atoms with van der Waals surface area (Å²) in [6, 6.07) is 0. The van der Waals surface area contributed by atoms with Crippen LogP contribution in [-0.4, -0.2) is 25.2 Å². The largest absolute Gasteiger partial charge is 0.462 e. The van der Waals surface area contributed by atoms with Gasteiger partial charge in [0.2, 0.25) is 6.08 Å². The van der Waals surface area contributed by atoms with Crippen LogP contribution < -0.4 is 0 Å². The molecular formula is C9H13NO3. The number of aliphatic imine (C=N–C) groups is 1. The third-order valence-electron chi connectivity index (χ3n) is 1.62. The summed E-state index contributed by atoms with van der Waals surface area (Å²) in [6.07, 6.45) is 3.36. The Kier molecular flexibility index (Phi) is 6.46. The summed E-state index contributed by atoms with van der Waals surface area (Å²) >= 11 is 0. The molecular weight excluding hydrogens is 170 g/mol. The number of carbonyl (C=O) groups is 1. The van der Waals surface area contributed by atoms with Gasteiger partial charge in [-0.2, -0.15) is 0 Å². The Bertz CT molecular complexity index is 219. The fraction of sp³-hybridized carbons (Fsp3) is 0.556. The second kappa shape index (κ2) is 7.25. The van der Waals surface area contributed by atoms with Crippen LogP contribution in [0.3, 0.4) is 0 Å². The second-order valence-corrected chi connectivity index (χ2v) is 2.54. The van der Waals surface area contributed by atoms with Crippen LogP contribution in [-0.2, 0) is 14.3 Å². The van der Waals surface area contributed by atoms with Crippen molar-refractivity contribution in [3.05, 3.63) is 12.7 Å². The van der Waals surface area contributed by atoms with Gasteiger partial charge in [0.05, 0.1) is 13.2 Å². The minimum Gasteiger partial charge on any atom is -0.462 e. The highest BCUT2D eigenvalue weighted by atomic mass is 16.5. The number of rotatable bonds is 6. The molecule has 0 N–H and O–H groups in total. The van der Waals surface area contributed by atoms with Gasteiger partial charge in [-0.15, -0.1) is 0 Å². The predicted octanol–water partition coefficient (Wildman–Crippen LogP) is 1.08. The van der Waals surface area contributed by atoms with Crippen molar-refractivity contribution < 1.29 is 14.3 Å². The van der Waals surface area contributed by atoms with Crippen molar-refractivity contribution in [1.82, 2.24) is 0 Å². The van der Waals surface area contributed by atoms with E-state index in [0.717, 1.165) is 12.5 Å². The SMILES string of the molecule is C=CC(=O)OCC(CC)CN=C=O. The van der Waals surface area contributed by atoms with E-state index in [0.29, 0.717) is 6.54 Å². The van der Waals surface area contributed by atoms with Crippen molar-refractivity contribution in [3.63, 3.8) is 0 Å². The van der Waals surface area contributed by atoms with Crippen molar-refractivity contribution >= 4 is 12.0 Å². The topological polar surface area (TPSA) is 55.7 Å². The van der Waals surface area contributed by atoms with Crippen LogP contribution in [0.15, 0.2) is 17.6 Å². The molecule has 0 aromatic heterocycles. The zero-order chi connectivity index (χ0) is 10.1. The summed E-state index contributed by atoms with van der Waals surface area (Å²) in [5.41, 5.74) is 0. The number of carbonyl (C=O) groups excluding carboxylic acids is 2. The molecule has 0 rings (SSSR count). The smallest absolute Gasteiger partial charge is 0.330 e. The molecule has 1 unspecified atom stereocenters. The number of hydrogen-bond donors (Lipinski definition) is 0. The third-order valence-corrected chi connectivity index (χ3v) is 1.62. The zero-order valence-electron chi connectivity index (χ0n) is 7.66. The van der Waals surface area contributed by atoms with Gasteiger partial charge in [0.1, 0.15) is 0 Å². The maximum Gasteiger partial charge on any atom is 0.330 e. The van der Waals surface area contributed by atoms with Crippen molar-refractivity contribution in [2.24, 2.45) is 10.9 Å². The summed E-state index contributed by atoms with van der Waals surface area (Å²) in [6.45, 7) is 5.83. The first-order valence-corrected chi connectivity index (χ1v) is 4.07. The molecule has 0 radical (unpaired) electrons. The van der Waals surface area contributed by atoms with Gasteiger partial charge in [0.25, 0.3) is 0 Å². The number of hydrogen-bond acceptors (Lipinski definition) is 4. The van der Waals surface area contributed by atoms with Gasteiger partial charge in [-0.05, 0) is 6.42 Å². The van der Waals surface area contributed by atoms with Crippen LogP contribution in [0.4, 0.5) is 0 Å². The average molecular weight is 183 g/mol. The number of ether oxygens (including phenoxy) is 1. The fourth-order valence-electron chi connectivity index (χ4n) is 0.725. The molecule has 1 atom stereocenters. The van der Waals surface area contributed by atoms with Gasteiger partial charge in [0, 0.05) is 12.0 Å². The highest BCUT2D eigenvalue weighted by Gasteiger charge is 2.07. The normalized spacial score (nSPS) is 11.2. The Hall–Kier alpha value is -1.41. The predicted molar refractivity (Wildman–Crippen MR) is 47.9 cm³/mol. The number of esters is 1. The number of nitrogens with zero attached hydrogens (tertiary/aromatic N) is 1. The molecule has 0 spiro atoms. The Labute approximate surface area is 77.3 Å². The van der Waals surface area contributed by atoms with Gasteiger partial charge in [0.15, 0.2) is 0 Å². The highest BCUT2D eigenvalue weighted by molar-refractivity contribution is 5.81. The average Bonchev–Trinajstić information content (AvgIpc) is 2.17. The Balaban J connectivity index is 3.77. The molecule has 0 saturated heterocycles. The van der Waals surface area contributed by atoms with E-state index < -0.39 is 5.97 Å². The molecule has 0 aliphatic rings. The van der Waals surface area contributed by atoms with E-state index >= 15 is 0 Å². The molecule has 4 heteroatoms. The van der Waals surface area contributed by atoms with Crippen LogP contribution >= 0.6 is 0 Å². The van der Waals surface area contributed by atoms with E-state index in [-0.39, 0.29) is 12.5 Å². The van der Waals surface area contributed by atoms with Gasteiger partial charge < -0.3 is 4.74 Å². The van der Waals surface area contributed by atoms with Gasteiger partial charge >= 0.3 is 5.97 Å². The fourth-order valence-corrected chi connectivity index (χ4v) is 0.725. The highest BCUT2D eigenvalue weighted by Crippen LogP contribution is 2.03. The van der Waals surface area contributed by atoms with E-state index in [2.05, 4.69) is 11.6 Å². The van der Waals surface area contributed by atoms with E-state index in [1.807, 2.05) is 6.92 Å². The summed E-state index contributed by atoms with van der Waals surface area (Å²) in [4.78, 5) is 23.9. The standard InChI is InChI=1S/C9H13NO3/c1-3-8(5-10-7-11)6-13-9(12)4-2/h4,8H,2-3,5-6H2,1H3. The molecule has 0 amide bonds. The van der Waals surface area contributed by atoms with Crippen molar-refractivity contribution in [2.45, 2.75) is 13.3 Å². The molecule has 0 heterocycles. The van der Waals surface area contributed by atoms with Crippen molar-refractivity contribution in [1.29, 1.82) is 0 Å². The maximum atomic E-state index is 10.7. The zero-order valence-corrected chi connectivity index (χ0v) is 7.66. The van der Waals surface area contributed by atoms with Crippen LogP contribution in [0.5, 0.6) is 0 Å². The van der Waals surface area contributed by atoms with E-state index in [1.54, 1.807) is 0 Å². The van der Waals surface area contributed by atoms with E-state index in [9.17, 15) is 9.59 Å². The quantitative estimate of drug-likeness (QED) is 0.268. The van der Waals surface area contributed by atoms with Crippen LogP contribution in [0, 0.1) is 5.92 Å². The van der Waals surface area contributed by atoms with Crippen LogP contribution in [0.25, 0.3) is 0 Å². The van der Waals surface area contributed by atoms with Crippen LogP contribution in [0.1, 0.15) is 13.3 Å². The Morgan fingerprint density at radius 2 is 2.46 bits per heavy atom. The monoisotopic (exact) mass is 183 g/mol. The minimum atomic E-state index is -0.450. The van der Waals surface area contributed by atoms with Crippen molar-refractivity contribution in [3.8, 4) is 0 Å². The lowest BCUT2D eigenvalue weighted by molar-refractivity contribution is -0.139. The van der Waals surface area contributed by atoms with Gasteiger partial charge in [-0.25, -0.2) is 14.6 Å². The van der Waals surface area contributed by atoms with Crippen LogP contribution in [0.2, 0.25) is 0 Å². The van der Waals surface area contributed by atoms with E-state index in [4.69, 9.17) is 4.74 Å². The molecule has 4 nitrogen and oxygen atoms in total. The van der Waals surface area contributed by atoms with Gasteiger partial charge in [-0.1, -0.05) is 13.5 Å². The Morgan fingerprint density at radius 1 is 1.77 bits per heavy atom. The lowest BCUT2D eigenvalue weighted by Gasteiger charge is -2.10. The maximum absolute atomic E-state index is 10.7. The molecule has 0 saturated carbocycles. The minimum absolute atomic E-state index is 0.0883. The summed E-state index contributed by atoms with van der Waals surface area (Å²) < 4.78 is 4.79. The second-order valence-electron chi connectivity index (χ2n) is 2.54. The molecule has 72 valence electrons. The molecule has 0 aromatic rings. The molecule has 13 heavy (non-hydrogen) atoms. The summed E-state index contributed by atoms with van der Waals surface area (Å²) in [7, 11) is 0. The molecule has 0 aliphatic carbocycles.